The number of hydrogen-bond acceptors (Lipinski definition) is 5. The molecule has 102 valence electrons. The SMILES string of the molecule is CN1CCCN(S(=O)(=O)c2csc(CO)c2)CC1. The third-order valence-electron chi connectivity index (χ3n) is 3.10. The number of rotatable bonds is 3. The number of nitrogens with zero attached hydrogens (tertiary/aromatic N) is 2. The molecule has 0 unspecified atom stereocenters. The van der Waals surface area contributed by atoms with Gasteiger partial charge in [0.05, 0.1) is 11.5 Å². The fourth-order valence-corrected chi connectivity index (χ4v) is 4.58. The van der Waals surface area contributed by atoms with Gasteiger partial charge in [0, 0.05) is 29.9 Å². The van der Waals surface area contributed by atoms with Gasteiger partial charge in [-0.1, -0.05) is 0 Å². The molecular weight excluding hydrogens is 272 g/mol. The van der Waals surface area contributed by atoms with Gasteiger partial charge in [-0.25, -0.2) is 8.42 Å². The van der Waals surface area contributed by atoms with E-state index in [9.17, 15) is 8.42 Å². The molecule has 0 aliphatic carbocycles. The van der Waals surface area contributed by atoms with Crippen LogP contribution in [0.2, 0.25) is 0 Å². The Morgan fingerprint density at radius 1 is 1.33 bits per heavy atom. The highest BCUT2D eigenvalue weighted by Crippen LogP contribution is 2.23. The Hall–Kier alpha value is -0.470. The molecule has 0 bridgehead atoms. The third kappa shape index (κ3) is 2.92. The van der Waals surface area contributed by atoms with Crippen molar-refractivity contribution in [2.45, 2.75) is 17.9 Å². The van der Waals surface area contributed by atoms with Gasteiger partial charge in [0.2, 0.25) is 10.0 Å². The molecule has 1 N–H and O–H groups in total. The highest BCUT2D eigenvalue weighted by atomic mass is 32.2. The monoisotopic (exact) mass is 290 g/mol. The minimum Gasteiger partial charge on any atom is -0.391 e. The van der Waals surface area contributed by atoms with Crippen molar-refractivity contribution in [2.75, 3.05) is 33.2 Å². The van der Waals surface area contributed by atoms with Crippen LogP contribution >= 0.6 is 11.3 Å². The van der Waals surface area contributed by atoms with E-state index in [0.717, 1.165) is 19.5 Å². The van der Waals surface area contributed by atoms with Crippen LogP contribution in [0.5, 0.6) is 0 Å². The molecule has 2 rings (SSSR count). The first-order valence-corrected chi connectivity index (χ1v) is 8.23. The average molecular weight is 290 g/mol. The second-order valence-corrected chi connectivity index (χ2v) is 7.40. The van der Waals surface area contributed by atoms with Crippen LogP contribution in [0.3, 0.4) is 0 Å². The minimum absolute atomic E-state index is 0.108. The van der Waals surface area contributed by atoms with Crippen molar-refractivity contribution < 1.29 is 13.5 Å². The molecule has 0 radical (unpaired) electrons. The number of sulfonamides is 1. The first-order chi connectivity index (χ1) is 8.54. The molecule has 2 heterocycles. The molecule has 5 nitrogen and oxygen atoms in total. The summed E-state index contributed by atoms with van der Waals surface area (Å²) in [5.41, 5.74) is 0. The lowest BCUT2D eigenvalue weighted by atomic mass is 10.4. The topological polar surface area (TPSA) is 60.9 Å². The molecule has 1 aliphatic rings. The van der Waals surface area contributed by atoms with Crippen LogP contribution in [0.1, 0.15) is 11.3 Å². The van der Waals surface area contributed by atoms with Crippen molar-refractivity contribution in [3.05, 3.63) is 16.3 Å². The van der Waals surface area contributed by atoms with Gasteiger partial charge in [0.1, 0.15) is 0 Å². The Bertz CT molecular complexity index is 498. The van der Waals surface area contributed by atoms with Crippen molar-refractivity contribution >= 4 is 21.4 Å². The Balaban J connectivity index is 2.19. The van der Waals surface area contributed by atoms with Gasteiger partial charge < -0.3 is 10.0 Å². The molecule has 0 amide bonds. The number of thiophene rings is 1. The highest BCUT2D eigenvalue weighted by Gasteiger charge is 2.26. The normalized spacial score (nSPS) is 19.9. The molecule has 0 atom stereocenters. The summed E-state index contributed by atoms with van der Waals surface area (Å²) in [6.07, 6.45) is 0.854. The van der Waals surface area contributed by atoms with Crippen molar-refractivity contribution in [3.8, 4) is 0 Å². The Morgan fingerprint density at radius 2 is 2.11 bits per heavy atom. The lowest BCUT2D eigenvalue weighted by Gasteiger charge is -2.19. The van der Waals surface area contributed by atoms with Crippen molar-refractivity contribution in [2.24, 2.45) is 0 Å². The van der Waals surface area contributed by atoms with Crippen LogP contribution in [0.4, 0.5) is 0 Å². The number of aliphatic hydroxyl groups is 1. The van der Waals surface area contributed by atoms with Gasteiger partial charge in [-0.2, -0.15) is 4.31 Å². The fraction of sp³-hybridized carbons (Fsp3) is 0.636. The highest BCUT2D eigenvalue weighted by molar-refractivity contribution is 7.89. The Labute approximate surface area is 112 Å². The minimum atomic E-state index is -3.39. The molecule has 0 spiro atoms. The van der Waals surface area contributed by atoms with E-state index in [0.29, 0.717) is 22.9 Å². The molecule has 7 heteroatoms. The van der Waals surface area contributed by atoms with Gasteiger partial charge in [0.15, 0.2) is 0 Å². The van der Waals surface area contributed by atoms with Gasteiger partial charge in [0.25, 0.3) is 0 Å². The second kappa shape index (κ2) is 5.66. The Kier molecular flexibility index (Phi) is 4.39. The van der Waals surface area contributed by atoms with E-state index in [1.54, 1.807) is 15.8 Å². The van der Waals surface area contributed by atoms with E-state index in [1.165, 1.54) is 11.3 Å². The maximum Gasteiger partial charge on any atom is 0.243 e. The lowest BCUT2D eigenvalue weighted by Crippen LogP contribution is -2.34. The maximum absolute atomic E-state index is 12.4. The zero-order chi connectivity index (χ0) is 13.2. The van der Waals surface area contributed by atoms with Gasteiger partial charge in [-0.15, -0.1) is 11.3 Å². The van der Waals surface area contributed by atoms with E-state index < -0.39 is 10.0 Å². The molecule has 0 saturated carbocycles. The predicted octanol–water partition coefficient (Wildman–Crippen LogP) is 0.567. The standard InChI is InChI=1S/C11H18N2O3S2/c1-12-3-2-4-13(6-5-12)18(15,16)11-7-10(8-14)17-9-11/h7,9,14H,2-6,8H2,1H3. The molecule has 18 heavy (non-hydrogen) atoms. The van der Waals surface area contributed by atoms with Crippen molar-refractivity contribution in [3.63, 3.8) is 0 Å². The van der Waals surface area contributed by atoms with Gasteiger partial charge in [-0.05, 0) is 26.1 Å². The van der Waals surface area contributed by atoms with E-state index in [4.69, 9.17) is 5.11 Å². The van der Waals surface area contributed by atoms with E-state index >= 15 is 0 Å². The van der Waals surface area contributed by atoms with Crippen LogP contribution in [0, 0.1) is 0 Å². The third-order valence-corrected chi connectivity index (χ3v) is 6.05. The zero-order valence-electron chi connectivity index (χ0n) is 10.4. The van der Waals surface area contributed by atoms with E-state index in [2.05, 4.69) is 4.90 Å². The summed E-state index contributed by atoms with van der Waals surface area (Å²) in [6, 6.07) is 1.56. The molecule has 0 aromatic carbocycles. The largest absolute Gasteiger partial charge is 0.391 e. The molecule has 1 fully saturated rings. The predicted molar refractivity (Wildman–Crippen MR) is 71.1 cm³/mol. The quantitative estimate of drug-likeness (QED) is 0.884. The number of aliphatic hydroxyl groups excluding tert-OH is 1. The number of hydrogen-bond donors (Lipinski definition) is 1. The molecule has 1 aromatic heterocycles. The van der Waals surface area contributed by atoms with Gasteiger partial charge >= 0.3 is 0 Å². The lowest BCUT2D eigenvalue weighted by molar-refractivity contribution is 0.285. The van der Waals surface area contributed by atoms with Crippen LogP contribution in [0.15, 0.2) is 16.3 Å². The molecular formula is C11H18N2O3S2. The summed E-state index contributed by atoms with van der Waals surface area (Å²) < 4.78 is 26.4. The van der Waals surface area contributed by atoms with Crippen molar-refractivity contribution in [1.29, 1.82) is 0 Å². The summed E-state index contributed by atoms with van der Waals surface area (Å²) in [7, 11) is -1.39. The van der Waals surface area contributed by atoms with E-state index in [-0.39, 0.29) is 6.61 Å². The summed E-state index contributed by atoms with van der Waals surface area (Å²) in [5.74, 6) is 0. The molecule has 1 aromatic rings. The van der Waals surface area contributed by atoms with Crippen LogP contribution in [0.25, 0.3) is 0 Å². The smallest absolute Gasteiger partial charge is 0.243 e. The fourth-order valence-electron chi connectivity index (χ4n) is 1.99. The average Bonchev–Trinajstić information content (AvgIpc) is 2.72. The van der Waals surface area contributed by atoms with Crippen LogP contribution in [-0.4, -0.2) is 56.0 Å². The Morgan fingerprint density at radius 3 is 2.78 bits per heavy atom. The van der Waals surface area contributed by atoms with Crippen LogP contribution < -0.4 is 0 Å². The summed E-state index contributed by atoms with van der Waals surface area (Å²) in [6.45, 7) is 2.68. The van der Waals surface area contributed by atoms with E-state index in [1.807, 2.05) is 7.05 Å². The molecule has 1 saturated heterocycles. The summed E-state index contributed by atoms with van der Waals surface area (Å²) in [5, 5.41) is 10.6. The number of likely N-dealkylation sites (N-methyl/N-ethyl adjacent to an activating group) is 1. The zero-order valence-corrected chi connectivity index (χ0v) is 12.0. The van der Waals surface area contributed by atoms with Crippen molar-refractivity contribution in [1.82, 2.24) is 9.21 Å². The summed E-state index contributed by atoms with van der Waals surface area (Å²) >= 11 is 1.28. The first-order valence-electron chi connectivity index (χ1n) is 5.91. The summed E-state index contributed by atoms with van der Waals surface area (Å²) in [4.78, 5) is 3.13. The van der Waals surface area contributed by atoms with Gasteiger partial charge in [-0.3, -0.25) is 0 Å². The molecule has 1 aliphatic heterocycles. The maximum atomic E-state index is 12.4. The second-order valence-electron chi connectivity index (χ2n) is 4.47. The first kappa shape index (κ1) is 14.0. The van der Waals surface area contributed by atoms with Crippen LogP contribution in [-0.2, 0) is 16.6 Å².